The molecule has 4 rings (SSSR count). The maximum Gasteiger partial charge on any atom is 0.252 e. The van der Waals surface area contributed by atoms with Gasteiger partial charge in [0, 0.05) is 25.1 Å². The first kappa shape index (κ1) is 16.8. The number of carbonyl (C=O) groups excluding carboxylic acids is 2. The molecule has 1 unspecified atom stereocenters. The lowest BCUT2D eigenvalue weighted by molar-refractivity contribution is -0.134. The third-order valence-corrected chi connectivity index (χ3v) is 5.58. The van der Waals surface area contributed by atoms with Crippen LogP contribution in [-0.4, -0.2) is 35.8 Å². The van der Waals surface area contributed by atoms with Gasteiger partial charge in [0.2, 0.25) is 5.91 Å². The Morgan fingerprint density at radius 1 is 1.00 bits per heavy atom. The quantitative estimate of drug-likeness (QED) is 0.927. The molecule has 2 aromatic carbocycles. The number of nitrogens with zero attached hydrogens (tertiary/aromatic N) is 1. The summed E-state index contributed by atoms with van der Waals surface area (Å²) >= 11 is 0. The predicted octanol–water partition coefficient (Wildman–Crippen LogP) is 2.82. The summed E-state index contributed by atoms with van der Waals surface area (Å²) in [5.41, 5.74) is 3.03. The Hall–Kier alpha value is -2.62. The number of amides is 2. The summed E-state index contributed by atoms with van der Waals surface area (Å²) in [5.74, 6) is 0.554. The molecule has 0 bridgehead atoms. The molecule has 2 heterocycles. The van der Waals surface area contributed by atoms with Gasteiger partial charge < -0.3 is 10.2 Å². The number of likely N-dealkylation sites (tertiary alicyclic amines) is 1. The van der Waals surface area contributed by atoms with Crippen molar-refractivity contribution in [2.45, 2.75) is 31.7 Å². The predicted molar refractivity (Wildman–Crippen MR) is 101 cm³/mol. The third kappa shape index (κ3) is 3.50. The Morgan fingerprint density at radius 2 is 1.69 bits per heavy atom. The lowest BCUT2D eigenvalue weighted by atomic mass is 9.89. The standard InChI is InChI=1S/C22H24N2O2/c25-21-19-9-5-4-8-18(19)15-20(23-21)22(26)24-12-10-17(11-13-24)14-16-6-2-1-3-7-16/h1-9,17,20H,10-15H2,(H,23,25). The van der Waals surface area contributed by atoms with Crippen LogP contribution in [0.3, 0.4) is 0 Å². The summed E-state index contributed by atoms with van der Waals surface area (Å²) in [6.45, 7) is 1.56. The van der Waals surface area contributed by atoms with Crippen molar-refractivity contribution < 1.29 is 9.59 Å². The second kappa shape index (κ2) is 7.32. The minimum atomic E-state index is -0.428. The van der Waals surface area contributed by atoms with E-state index in [1.54, 1.807) is 0 Å². The van der Waals surface area contributed by atoms with E-state index in [1.165, 1.54) is 5.56 Å². The lowest BCUT2D eigenvalue weighted by Gasteiger charge is -2.35. The fourth-order valence-corrected chi connectivity index (χ4v) is 4.10. The highest BCUT2D eigenvalue weighted by Gasteiger charge is 2.33. The van der Waals surface area contributed by atoms with Crippen molar-refractivity contribution in [3.8, 4) is 0 Å². The first-order valence-corrected chi connectivity index (χ1v) is 9.42. The number of hydrogen-bond donors (Lipinski definition) is 1. The van der Waals surface area contributed by atoms with Gasteiger partial charge in [0.05, 0.1) is 0 Å². The van der Waals surface area contributed by atoms with Crippen LogP contribution in [0.2, 0.25) is 0 Å². The van der Waals surface area contributed by atoms with Gasteiger partial charge in [0.25, 0.3) is 5.91 Å². The first-order chi connectivity index (χ1) is 12.7. The maximum atomic E-state index is 12.9. The summed E-state index contributed by atoms with van der Waals surface area (Å²) in [6, 6.07) is 17.7. The van der Waals surface area contributed by atoms with E-state index in [9.17, 15) is 9.59 Å². The fraction of sp³-hybridized carbons (Fsp3) is 0.364. The Bertz CT molecular complexity index is 795. The fourth-order valence-electron chi connectivity index (χ4n) is 4.10. The number of nitrogens with one attached hydrogen (secondary N) is 1. The normalized spacial score (nSPS) is 20.4. The second-order valence-electron chi connectivity index (χ2n) is 7.35. The molecule has 2 aliphatic heterocycles. The van der Waals surface area contributed by atoms with Crippen molar-refractivity contribution in [2.24, 2.45) is 5.92 Å². The Morgan fingerprint density at radius 3 is 2.46 bits per heavy atom. The molecule has 2 amide bonds. The zero-order valence-corrected chi connectivity index (χ0v) is 14.9. The van der Waals surface area contributed by atoms with E-state index in [0.29, 0.717) is 17.9 Å². The molecule has 134 valence electrons. The molecule has 4 heteroatoms. The first-order valence-electron chi connectivity index (χ1n) is 9.42. The van der Waals surface area contributed by atoms with E-state index in [0.717, 1.165) is 37.9 Å². The topological polar surface area (TPSA) is 49.4 Å². The van der Waals surface area contributed by atoms with E-state index in [4.69, 9.17) is 0 Å². The van der Waals surface area contributed by atoms with Crippen molar-refractivity contribution in [1.82, 2.24) is 10.2 Å². The molecule has 0 radical (unpaired) electrons. The van der Waals surface area contributed by atoms with E-state index < -0.39 is 6.04 Å². The van der Waals surface area contributed by atoms with Crippen molar-refractivity contribution in [3.63, 3.8) is 0 Å². The van der Waals surface area contributed by atoms with Crippen LogP contribution in [0.25, 0.3) is 0 Å². The van der Waals surface area contributed by atoms with Gasteiger partial charge in [0.1, 0.15) is 6.04 Å². The smallest absolute Gasteiger partial charge is 0.252 e. The van der Waals surface area contributed by atoms with Crippen LogP contribution >= 0.6 is 0 Å². The highest BCUT2D eigenvalue weighted by molar-refractivity contribution is 6.00. The van der Waals surface area contributed by atoms with E-state index in [1.807, 2.05) is 35.2 Å². The molecule has 0 spiro atoms. The van der Waals surface area contributed by atoms with Crippen molar-refractivity contribution in [3.05, 3.63) is 71.3 Å². The second-order valence-corrected chi connectivity index (χ2v) is 7.35. The highest BCUT2D eigenvalue weighted by atomic mass is 16.2. The molecule has 2 aliphatic rings. The van der Waals surface area contributed by atoms with Crippen LogP contribution in [0.5, 0.6) is 0 Å². The molecule has 1 fully saturated rings. The van der Waals surface area contributed by atoms with E-state index >= 15 is 0 Å². The maximum absolute atomic E-state index is 12.9. The zero-order chi connectivity index (χ0) is 17.9. The molecule has 0 saturated carbocycles. The summed E-state index contributed by atoms with van der Waals surface area (Å²) in [4.78, 5) is 27.1. The van der Waals surface area contributed by atoms with Crippen LogP contribution in [0, 0.1) is 5.92 Å². The largest absolute Gasteiger partial charge is 0.341 e. The number of piperidine rings is 1. The lowest BCUT2D eigenvalue weighted by Crippen LogP contribution is -2.53. The van der Waals surface area contributed by atoms with Gasteiger partial charge in [-0.1, -0.05) is 48.5 Å². The molecule has 2 aromatic rings. The summed E-state index contributed by atoms with van der Waals surface area (Å²) < 4.78 is 0. The van der Waals surface area contributed by atoms with Crippen LogP contribution < -0.4 is 5.32 Å². The number of benzene rings is 2. The Kier molecular flexibility index (Phi) is 4.74. The van der Waals surface area contributed by atoms with Gasteiger partial charge in [-0.2, -0.15) is 0 Å². The molecule has 1 N–H and O–H groups in total. The molecule has 0 aliphatic carbocycles. The van der Waals surface area contributed by atoms with Crippen molar-refractivity contribution >= 4 is 11.8 Å². The van der Waals surface area contributed by atoms with Crippen molar-refractivity contribution in [1.29, 1.82) is 0 Å². The molecule has 4 nitrogen and oxygen atoms in total. The number of fused-ring (bicyclic) bond motifs is 1. The minimum Gasteiger partial charge on any atom is -0.341 e. The van der Waals surface area contributed by atoms with Gasteiger partial charge in [-0.15, -0.1) is 0 Å². The van der Waals surface area contributed by atoms with Crippen LogP contribution in [-0.2, 0) is 17.6 Å². The zero-order valence-electron chi connectivity index (χ0n) is 14.9. The minimum absolute atomic E-state index is 0.0611. The number of rotatable bonds is 3. The van der Waals surface area contributed by atoms with Gasteiger partial charge in [0.15, 0.2) is 0 Å². The van der Waals surface area contributed by atoms with Crippen molar-refractivity contribution in [2.75, 3.05) is 13.1 Å². The summed E-state index contributed by atoms with van der Waals surface area (Å²) in [6.07, 6.45) is 3.72. The summed E-state index contributed by atoms with van der Waals surface area (Å²) in [7, 11) is 0. The highest BCUT2D eigenvalue weighted by Crippen LogP contribution is 2.24. The molecular weight excluding hydrogens is 324 g/mol. The van der Waals surface area contributed by atoms with Gasteiger partial charge >= 0.3 is 0 Å². The van der Waals surface area contributed by atoms with Crippen LogP contribution in [0.15, 0.2) is 54.6 Å². The Labute approximate surface area is 154 Å². The molecule has 1 atom stereocenters. The summed E-state index contributed by atoms with van der Waals surface area (Å²) in [5, 5.41) is 2.89. The SMILES string of the molecule is O=C1NC(C(=O)N2CCC(Cc3ccccc3)CC2)Cc2ccccc21. The number of carbonyl (C=O) groups is 2. The van der Waals surface area contributed by atoms with Crippen LogP contribution in [0.1, 0.15) is 34.3 Å². The van der Waals surface area contributed by atoms with Crippen LogP contribution in [0.4, 0.5) is 0 Å². The molecule has 1 saturated heterocycles. The molecular formula is C22H24N2O2. The Balaban J connectivity index is 1.35. The van der Waals surface area contributed by atoms with Gasteiger partial charge in [-0.05, 0) is 42.4 Å². The van der Waals surface area contributed by atoms with Gasteiger partial charge in [-0.25, -0.2) is 0 Å². The van der Waals surface area contributed by atoms with E-state index in [2.05, 4.69) is 29.6 Å². The number of hydrogen-bond acceptors (Lipinski definition) is 2. The average Bonchev–Trinajstić information content (AvgIpc) is 2.69. The van der Waals surface area contributed by atoms with E-state index in [-0.39, 0.29) is 11.8 Å². The monoisotopic (exact) mass is 348 g/mol. The molecule has 0 aromatic heterocycles. The third-order valence-electron chi connectivity index (χ3n) is 5.58. The average molecular weight is 348 g/mol. The van der Waals surface area contributed by atoms with Gasteiger partial charge in [-0.3, -0.25) is 9.59 Å². The molecule has 26 heavy (non-hydrogen) atoms.